The minimum Gasteiger partial charge on any atom is -0.336 e. The van der Waals surface area contributed by atoms with Gasteiger partial charge in [0.1, 0.15) is 0 Å². The number of pyridine rings is 1. The summed E-state index contributed by atoms with van der Waals surface area (Å²) in [6.07, 6.45) is 5.03. The molecule has 2 saturated carbocycles. The van der Waals surface area contributed by atoms with Crippen LogP contribution in [0.4, 0.5) is 0 Å². The standard InChI is InChI=1S/C19H25N5O/c1-12-17-15(11-16(13-3-4-13)20-18(17)22(2)21-12)19(25)24-9-7-23(8-10-24)14-5-6-14/h11,13-14H,3-10H2,1-2H3. The van der Waals surface area contributed by atoms with Crippen molar-refractivity contribution in [3.63, 3.8) is 0 Å². The molecule has 2 aromatic heterocycles. The third kappa shape index (κ3) is 2.63. The second-order valence-electron chi connectivity index (χ2n) is 7.84. The van der Waals surface area contributed by atoms with Gasteiger partial charge in [0.15, 0.2) is 5.65 Å². The number of amides is 1. The average Bonchev–Trinajstić information content (AvgIpc) is 3.53. The number of carbonyl (C=O) groups is 1. The van der Waals surface area contributed by atoms with Crippen molar-refractivity contribution in [2.75, 3.05) is 26.2 Å². The van der Waals surface area contributed by atoms with Gasteiger partial charge < -0.3 is 4.90 Å². The van der Waals surface area contributed by atoms with Gasteiger partial charge in [-0.3, -0.25) is 14.4 Å². The van der Waals surface area contributed by atoms with Crippen molar-refractivity contribution in [2.45, 2.75) is 44.6 Å². The van der Waals surface area contributed by atoms with Gasteiger partial charge in [-0.05, 0) is 38.7 Å². The maximum absolute atomic E-state index is 13.3. The van der Waals surface area contributed by atoms with E-state index in [0.717, 1.165) is 60.2 Å². The quantitative estimate of drug-likeness (QED) is 0.859. The van der Waals surface area contributed by atoms with Gasteiger partial charge in [0.05, 0.1) is 16.6 Å². The van der Waals surface area contributed by atoms with Crippen LogP contribution in [0.25, 0.3) is 11.0 Å². The molecule has 2 aromatic rings. The van der Waals surface area contributed by atoms with Crippen LogP contribution in [0.15, 0.2) is 6.07 Å². The molecule has 1 amide bonds. The maximum atomic E-state index is 13.3. The predicted molar refractivity (Wildman–Crippen MR) is 95.7 cm³/mol. The Hall–Kier alpha value is -1.95. The highest BCUT2D eigenvalue weighted by Crippen LogP contribution is 2.40. The molecule has 0 radical (unpaired) electrons. The largest absolute Gasteiger partial charge is 0.336 e. The lowest BCUT2D eigenvalue weighted by atomic mass is 10.1. The molecule has 0 unspecified atom stereocenters. The fraction of sp³-hybridized carbons (Fsp3) is 0.632. The van der Waals surface area contributed by atoms with Crippen LogP contribution >= 0.6 is 0 Å². The van der Waals surface area contributed by atoms with Crippen molar-refractivity contribution in [1.29, 1.82) is 0 Å². The average molecular weight is 339 g/mol. The van der Waals surface area contributed by atoms with Crippen LogP contribution in [0.2, 0.25) is 0 Å². The number of hydrogen-bond donors (Lipinski definition) is 0. The minimum atomic E-state index is 0.154. The zero-order valence-electron chi connectivity index (χ0n) is 15.0. The van der Waals surface area contributed by atoms with E-state index in [1.807, 2.05) is 29.6 Å². The summed E-state index contributed by atoms with van der Waals surface area (Å²) in [5.74, 6) is 0.679. The highest BCUT2D eigenvalue weighted by Gasteiger charge is 2.34. The van der Waals surface area contributed by atoms with Crippen LogP contribution in [0.3, 0.4) is 0 Å². The first kappa shape index (κ1) is 15.3. The smallest absolute Gasteiger partial charge is 0.254 e. The van der Waals surface area contributed by atoms with E-state index in [0.29, 0.717) is 5.92 Å². The van der Waals surface area contributed by atoms with Crippen LogP contribution in [-0.4, -0.2) is 62.7 Å². The van der Waals surface area contributed by atoms with Crippen molar-refractivity contribution in [2.24, 2.45) is 7.05 Å². The van der Waals surface area contributed by atoms with E-state index in [-0.39, 0.29) is 5.91 Å². The number of aromatic nitrogens is 3. The van der Waals surface area contributed by atoms with Crippen LogP contribution in [0, 0.1) is 6.92 Å². The van der Waals surface area contributed by atoms with Crippen molar-refractivity contribution in [1.82, 2.24) is 24.6 Å². The normalized spacial score (nSPS) is 21.9. The highest BCUT2D eigenvalue weighted by atomic mass is 16.2. The zero-order valence-corrected chi connectivity index (χ0v) is 15.0. The Bertz CT molecular complexity index is 841. The summed E-state index contributed by atoms with van der Waals surface area (Å²) in [6, 6.07) is 2.83. The first-order valence-electron chi connectivity index (χ1n) is 9.49. The van der Waals surface area contributed by atoms with Crippen LogP contribution < -0.4 is 0 Å². The van der Waals surface area contributed by atoms with Crippen LogP contribution in [0.5, 0.6) is 0 Å². The number of hydrogen-bond acceptors (Lipinski definition) is 4. The second-order valence-corrected chi connectivity index (χ2v) is 7.84. The van der Waals surface area contributed by atoms with Gasteiger partial charge in [-0.15, -0.1) is 0 Å². The zero-order chi connectivity index (χ0) is 17.1. The monoisotopic (exact) mass is 339 g/mol. The maximum Gasteiger partial charge on any atom is 0.254 e. The summed E-state index contributed by atoms with van der Waals surface area (Å²) in [6.45, 7) is 5.65. The van der Waals surface area contributed by atoms with E-state index in [4.69, 9.17) is 4.98 Å². The van der Waals surface area contributed by atoms with E-state index in [9.17, 15) is 4.79 Å². The number of piperazine rings is 1. The molecule has 0 aromatic carbocycles. The van der Waals surface area contributed by atoms with Crippen molar-refractivity contribution in [3.05, 3.63) is 23.0 Å². The fourth-order valence-electron chi connectivity index (χ4n) is 4.12. The van der Waals surface area contributed by atoms with E-state index < -0.39 is 0 Å². The molecule has 0 atom stereocenters. The Labute approximate surface area is 147 Å². The molecule has 3 fully saturated rings. The fourth-order valence-corrected chi connectivity index (χ4v) is 4.12. The molecule has 3 aliphatic rings. The van der Waals surface area contributed by atoms with E-state index in [1.54, 1.807) is 0 Å². The van der Waals surface area contributed by atoms with Crippen molar-refractivity contribution >= 4 is 16.9 Å². The lowest BCUT2D eigenvalue weighted by Crippen LogP contribution is -2.49. The molecule has 25 heavy (non-hydrogen) atoms. The number of carbonyl (C=O) groups excluding carboxylic acids is 1. The van der Waals surface area contributed by atoms with Gasteiger partial charge in [-0.2, -0.15) is 5.10 Å². The molecule has 1 aliphatic heterocycles. The molecule has 0 spiro atoms. The van der Waals surface area contributed by atoms with Gasteiger partial charge in [-0.1, -0.05) is 0 Å². The molecule has 5 rings (SSSR count). The SMILES string of the molecule is Cc1nn(C)c2nc(C3CC3)cc(C(=O)N3CCN(C4CC4)CC3)c12. The van der Waals surface area contributed by atoms with Gasteiger partial charge in [-0.25, -0.2) is 4.98 Å². The molecule has 3 heterocycles. The molecule has 0 bridgehead atoms. The molecule has 6 heteroatoms. The number of rotatable bonds is 3. The van der Waals surface area contributed by atoms with Crippen molar-refractivity contribution in [3.8, 4) is 0 Å². The predicted octanol–water partition coefficient (Wildman–Crippen LogP) is 2.07. The molecule has 132 valence electrons. The minimum absolute atomic E-state index is 0.154. The molecule has 2 aliphatic carbocycles. The summed E-state index contributed by atoms with van der Waals surface area (Å²) in [7, 11) is 1.92. The van der Waals surface area contributed by atoms with E-state index >= 15 is 0 Å². The molecular weight excluding hydrogens is 314 g/mol. The summed E-state index contributed by atoms with van der Waals surface area (Å²) in [4.78, 5) is 22.7. The molecular formula is C19H25N5O. The molecule has 6 nitrogen and oxygen atoms in total. The Morgan fingerprint density at radius 2 is 1.84 bits per heavy atom. The third-order valence-electron chi connectivity index (χ3n) is 5.88. The Kier molecular flexibility index (Phi) is 3.39. The third-order valence-corrected chi connectivity index (χ3v) is 5.88. The van der Waals surface area contributed by atoms with Crippen LogP contribution in [-0.2, 0) is 7.05 Å². The summed E-state index contributed by atoms with van der Waals surface area (Å²) >= 11 is 0. The molecule has 0 N–H and O–H groups in total. The first-order valence-corrected chi connectivity index (χ1v) is 9.49. The lowest BCUT2D eigenvalue weighted by Gasteiger charge is -2.35. The highest BCUT2D eigenvalue weighted by molar-refractivity contribution is 6.06. The Morgan fingerprint density at radius 1 is 1.12 bits per heavy atom. The summed E-state index contributed by atoms with van der Waals surface area (Å²) < 4.78 is 1.82. The van der Waals surface area contributed by atoms with Crippen LogP contribution in [0.1, 0.15) is 53.3 Å². The number of aryl methyl sites for hydroxylation is 2. The Morgan fingerprint density at radius 3 is 2.48 bits per heavy atom. The second kappa shape index (κ2) is 5.53. The van der Waals surface area contributed by atoms with Gasteiger partial charge >= 0.3 is 0 Å². The van der Waals surface area contributed by atoms with Gasteiger partial charge in [0, 0.05) is 50.9 Å². The molecule has 1 saturated heterocycles. The summed E-state index contributed by atoms with van der Waals surface area (Å²) in [5.41, 5.74) is 3.61. The Balaban J connectivity index is 1.49. The van der Waals surface area contributed by atoms with Gasteiger partial charge in [0.25, 0.3) is 5.91 Å². The van der Waals surface area contributed by atoms with E-state index in [1.165, 1.54) is 25.7 Å². The number of nitrogens with zero attached hydrogens (tertiary/aromatic N) is 5. The topological polar surface area (TPSA) is 54.3 Å². The van der Waals surface area contributed by atoms with E-state index in [2.05, 4.69) is 10.00 Å². The summed E-state index contributed by atoms with van der Waals surface area (Å²) in [5, 5.41) is 5.45. The van der Waals surface area contributed by atoms with Gasteiger partial charge in [0.2, 0.25) is 0 Å². The van der Waals surface area contributed by atoms with Crippen molar-refractivity contribution < 1.29 is 4.79 Å². The first-order chi connectivity index (χ1) is 12.1. The number of fused-ring (bicyclic) bond motifs is 1. The lowest BCUT2D eigenvalue weighted by molar-refractivity contribution is 0.0629.